The van der Waals surface area contributed by atoms with Crippen molar-refractivity contribution in [2.24, 2.45) is 17.3 Å². The molecule has 1 saturated heterocycles. The highest BCUT2D eigenvalue weighted by Crippen LogP contribution is 2.30. The summed E-state index contributed by atoms with van der Waals surface area (Å²) >= 11 is 0. The molecule has 1 heterocycles. The normalized spacial score (nSPS) is 26.5. The molecule has 0 aliphatic carbocycles. The maximum absolute atomic E-state index is 5.98. The Morgan fingerprint density at radius 1 is 1.29 bits per heavy atom. The number of hydrogen-bond acceptors (Lipinski definition) is 2. The molecule has 0 aromatic carbocycles. The first-order chi connectivity index (χ1) is 7.88. The van der Waals surface area contributed by atoms with Gasteiger partial charge in [0, 0.05) is 13.2 Å². The molecule has 102 valence electrons. The van der Waals surface area contributed by atoms with E-state index in [1.165, 1.54) is 19.3 Å². The third kappa shape index (κ3) is 6.42. The lowest BCUT2D eigenvalue weighted by atomic mass is 9.82. The fourth-order valence-corrected chi connectivity index (χ4v) is 2.52. The first kappa shape index (κ1) is 15.0. The molecule has 0 amide bonds. The Morgan fingerprint density at radius 2 is 2.00 bits per heavy atom. The summed E-state index contributed by atoms with van der Waals surface area (Å²) in [5, 5.41) is 3.59. The molecule has 1 aliphatic heterocycles. The summed E-state index contributed by atoms with van der Waals surface area (Å²) < 4.78 is 5.98. The lowest BCUT2D eigenvalue weighted by Crippen LogP contribution is -2.39. The molecule has 1 aliphatic rings. The lowest BCUT2D eigenvalue weighted by Gasteiger charge is -2.36. The van der Waals surface area contributed by atoms with Crippen molar-refractivity contribution in [3.05, 3.63) is 0 Å². The van der Waals surface area contributed by atoms with E-state index >= 15 is 0 Å². The SMILES string of the molecule is CC(C)CNCC1CCCOC1CC(C)(C)C. The zero-order valence-corrected chi connectivity index (χ0v) is 12.4. The van der Waals surface area contributed by atoms with Crippen LogP contribution in [0.2, 0.25) is 0 Å². The van der Waals surface area contributed by atoms with E-state index in [4.69, 9.17) is 4.74 Å². The summed E-state index contributed by atoms with van der Waals surface area (Å²) in [6.07, 6.45) is 4.20. The highest BCUT2D eigenvalue weighted by molar-refractivity contribution is 4.80. The van der Waals surface area contributed by atoms with E-state index in [0.29, 0.717) is 17.4 Å². The molecule has 2 heteroatoms. The zero-order chi connectivity index (χ0) is 12.9. The molecule has 0 saturated carbocycles. The summed E-state index contributed by atoms with van der Waals surface area (Å²) in [5.41, 5.74) is 0.373. The van der Waals surface area contributed by atoms with Crippen LogP contribution < -0.4 is 5.32 Å². The molecular weight excluding hydrogens is 210 g/mol. The largest absolute Gasteiger partial charge is 0.378 e. The molecule has 1 rings (SSSR count). The zero-order valence-electron chi connectivity index (χ0n) is 12.4. The summed E-state index contributed by atoms with van der Waals surface area (Å²) in [7, 11) is 0. The summed E-state index contributed by atoms with van der Waals surface area (Å²) in [6, 6.07) is 0. The van der Waals surface area contributed by atoms with E-state index in [0.717, 1.165) is 25.6 Å². The Kier molecular flexibility index (Phi) is 5.94. The molecule has 2 nitrogen and oxygen atoms in total. The average Bonchev–Trinajstić information content (AvgIpc) is 2.17. The fourth-order valence-electron chi connectivity index (χ4n) is 2.52. The van der Waals surface area contributed by atoms with Gasteiger partial charge in [0.25, 0.3) is 0 Å². The van der Waals surface area contributed by atoms with E-state index in [2.05, 4.69) is 39.9 Å². The second-order valence-corrected chi connectivity index (χ2v) is 7.13. The van der Waals surface area contributed by atoms with Crippen LogP contribution in [0, 0.1) is 17.3 Å². The van der Waals surface area contributed by atoms with Crippen LogP contribution in [0.4, 0.5) is 0 Å². The van der Waals surface area contributed by atoms with Crippen LogP contribution in [0.5, 0.6) is 0 Å². The third-order valence-electron chi connectivity index (χ3n) is 3.35. The van der Waals surface area contributed by atoms with Gasteiger partial charge in [-0.3, -0.25) is 0 Å². The predicted octanol–water partition coefficient (Wildman–Crippen LogP) is 3.46. The molecular formula is C15H31NO. The standard InChI is InChI=1S/C15H31NO/c1-12(2)10-16-11-13-7-6-8-17-14(13)9-15(3,4)5/h12-14,16H,6-11H2,1-5H3. The smallest absolute Gasteiger partial charge is 0.0620 e. The van der Waals surface area contributed by atoms with Crippen LogP contribution in [-0.2, 0) is 4.74 Å². The molecule has 1 N–H and O–H groups in total. The summed E-state index contributed by atoms with van der Waals surface area (Å²) in [4.78, 5) is 0. The van der Waals surface area contributed by atoms with E-state index < -0.39 is 0 Å². The highest BCUT2D eigenvalue weighted by atomic mass is 16.5. The van der Waals surface area contributed by atoms with Crippen molar-refractivity contribution in [3.63, 3.8) is 0 Å². The average molecular weight is 241 g/mol. The maximum atomic E-state index is 5.98. The van der Waals surface area contributed by atoms with Gasteiger partial charge >= 0.3 is 0 Å². The van der Waals surface area contributed by atoms with E-state index in [-0.39, 0.29) is 0 Å². The van der Waals surface area contributed by atoms with Gasteiger partial charge in [-0.05, 0) is 43.1 Å². The minimum atomic E-state index is 0.373. The minimum absolute atomic E-state index is 0.373. The Morgan fingerprint density at radius 3 is 2.59 bits per heavy atom. The van der Waals surface area contributed by atoms with Gasteiger partial charge in [0.05, 0.1) is 6.10 Å². The van der Waals surface area contributed by atoms with Crippen molar-refractivity contribution in [3.8, 4) is 0 Å². The van der Waals surface area contributed by atoms with Crippen molar-refractivity contribution >= 4 is 0 Å². The predicted molar refractivity (Wildman–Crippen MR) is 74.2 cm³/mol. The van der Waals surface area contributed by atoms with Crippen molar-refractivity contribution in [2.45, 2.75) is 60.0 Å². The van der Waals surface area contributed by atoms with Crippen LogP contribution in [0.15, 0.2) is 0 Å². The number of ether oxygens (including phenoxy) is 1. The van der Waals surface area contributed by atoms with Gasteiger partial charge in [0.2, 0.25) is 0 Å². The van der Waals surface area contributed by atoms with Crippen LogP contribution in [0.25, 0.3) is 0 Å². The van der Waals surface area contributed by atoms with Crippen LogP contribution >= 0.6 is 0 Å². The van der Waals surface area contributed by atoms with E-state index in [1.807, 2.05) is 0 Å². The summed E-state index contributed by atoms with van der Waals surface area (Å²) in [5.74, 6) is 1.45. The summed E-state index contributed by atoms with van der Waals surface area (Å²) in [6.45, 7) is 14.7. The highest BCUT2D eigenvalue weighted by Gasteiger charge is 2.29. The monoisotopic (exact) mass is 241 g/mol. The van der Waals surface area contributed by atoms with Gasteiger partial charge in [-0.15, -0.1) is 0 Å². The van der Waals surface area contributed by atoms with Crippen molar-refractivity contribution in [1.29, 1.82) is 0 Å². The van der Waals surface area contributed by atoms with Gasteiger partial charge in [0.15, 0.2) is 0 Å². The molecule has 0 aromatic rings. The Labute approximate surface area is 108 Å². The second kappa shape index (κ2) is 6.75. The lowest BCUT2D eigenvalue weighted by molar-refractivity contribution is -0.0460. The molecule has 0 aromatic heterocycles. The van der Waals surface area contributed by atoms with Gasteiger partial charge < -0.3 is 10.1 Å². The Balaban J connectivity index is 2.37. The minimum Gasteiger partial charge on any atom is -0.378 e. The van der Waals surface area contributed by atoms with Crippen molar-refractivity contribution < 1.29 is 4.74 Å². The topological polar surface area (TPSA) is 21.3 Å². The fraction of sp³-hybridized carbons (Fsp3) is 1.00. The molecule has 0 radical (unpaired) electrons. The van der Waals surface area contributed by atoms with Crippen molar-refractivity contribution in [2.75, 3.05) is 19.7 Å². The van der Waals surface area contributed by atoms with E-state index in [1.54, 1.807) is 0 Å². The van der Waals surface area contributed by atoms with Gasteiger partial charge in [0.1, 0.15) is 0 Å². The second-order valence-electron chi connectivity index (χ2n) is 7.13. The molecule has 1 fully saturated rings. The van der Waals surface area contributed by atoms with Gasteiger partial charge in [-0.2, -0.15) is 0 Å². The maximum Gasteiger partial charge on any atom is 0.0620 e. The van der Waals surface area contributed by atoms with Crippen LogP contribution in [0.3, 0.4) is 0 Å². The molecule has 2 unspecified atom stereocenters. The van der Waals surface area contributed by atoms with Gasteiger partial charge in [-0.25, -0.2) is 0 Å². The third-order valence-corrected chi connectivity index (χ3v) is 3.35. The van der Waals surface area contributed by atoms with Crippen molar-refractivity contribution in [1.82, 2.24) is 5.32 Å². The van der Waals surface area contributed by atoms with E-state index in [9.17, 15) is 0 Å². The van der Waals surface area contributed by atoms with Crippen LogP contribution in [0.1, 0.15) is 53.9 Å². The molecule has 17 heavy (non-hydrogen) atoms. The first-order valence-electron chi connectivity index (χ1n) is 7.21. The quantitative estimate of drug-likeness (QED) is 0.796. The number of hydrogen-bond donors (Lipinski definition) is 1. The number of nitrogens with one attached hydrogen (secondary N) is 1. The first-order valence-corrected chi connectivity index (χ1v) is 7.21. The number of rotatable bonds is 5. The molecule has 2 atom stereocenters. The molecule has 0 spiro atoms. The Hall–Kier alpha value is -0.0800. The molecule has 0 bridgehead atoms. The van der Waals surface area contributed by atoms with Gasteiger partial charge in [-0.1, -0.05) is 34.6 Å². The van der Waals surface area contributed by atoms with Crippen LogP contribution in [-0.4, -0.2) is 25.8 Å². The Bertz CT molecular complexity index is 207.